The maximum absolute atomic E-state index is 12.4. The number of fused-ring (bicyclic) bond motifs is 1. The van der Waals surface area contributed by atoms with E-state index in [1.807, 2.05) is 24.3 Å². The molecule has 1 amide bonds. The summed E-state index contributed by atoms with van der Waals surface area (Å²) < 4.78 is 4.97. The number of carbonyl (C=O) groups excluding carboxylic acids is 2. The van der Waals surface area contributed by atoms with E-state index in [0.29, 0.717) is 22.9 Å². The van der Waals surface area contributed by atoms with Gasteiger partial charge in [-0.2, -0.15) is 0 Å². The van der Waals surface area contributed by atoms with Gasteiger partial charge in [-0.05, 0) is 67.2 Å². The van der Waals surface area contributed by atoms with E-state index in [1.165, 1.54) is 23.3 Å². The van der Waals surface area contributed by atoms with Crippen molar-refractivity contribution in [1.82, 2.24) is 0 Å². The molecule has 0 saturated heterocycles. The number of thiophene rings is 1. The number of ether oxygens (including phenoxy) is 1. The number of anilines is 1. The Morgan fingerprint density at radius 1 is 1.32 bits per heavy atom. The molecule has 1 aromatic carbocycles. The van der Waals surface area contributed by atoms with Crippen LogP contribution in [0.1, 0.15) is 47.0 Å². The number of methoxy groups -OCH3 is 1. The van der Waals surface area contributed by atoms with Crippen molar-refractivity contribution in [3.63, 3.8) is 0 Å². The van der Waals surface area contributed by atoms with Crippen LogP contribution in [0.25, 0.3) is 0 Å². The Morgan fingerprint density at radius 3 is 2.79 bits per heavy atom. The number of rotatable bonds is 7. The smallest absolute Gasteiger partial charge is 0.341 e. The van der Waals surface area contributed by atoms with Crippen LogP contribution >= 0.6 is 34.7 Å². The quantitative estimate of drug-likeness (QED) is 0.336. The fourth-order valence-corrected chi connectivity index (χ4v) is 5.69. The zero-order chi connectivity index (χ0) is 20.1. The molecule has 0 spiro atoms. The molecule has 1 N–H and O–H groups in total. The third-order valence-electron chi connectivity index (χ3n) is 4.78. The van der Waals surface area contributed by atoms with Crippen LogP contribution in [-0.2, 0) is 22.4 Å². The second-order valence-corrected chi connectivity index (χ2v) is 9.71. The highest BCUT2D eigenvalue weighted by molar-refractivity contribution is 7.99. The molecule has 150 valence electrons. The lowest BCUT2D eigenvalue weighted by Gasteiger charge is -2.18. The van der Waals surface area contributed by atoms with Crippen LogP contribution in [0, 0.1) is 5.92 Å². The van der Waals surface area contributed by atoms with E-state index in [1.54, 1.807) is 11.8 Å². The summed E-state index contributed by atoms with van der Waals surface area (Å²) in [4.78, 5) is 27.1. The lowest BCUT2D eigenvalue weighted by atomic mass is 9.88. The molecule has 0 fully saturated rings. The highest BCUT2D eigenvalue weighted by Crippen LogP contribution is 2.40. The Hall–Kier alpha value is -1.50. The monoisotopic (exact) mass is 437 g/mol. The Kier molecular flexibility index (Phi) is 7.43. The standard InChI is InChI=1S/C21H24ClNO3S2/c1-13-5-10-16-17(12-13)28-20(19(16)21(25)26-2)23-18(24)4-3-11-27-15-8-6-14(22)7-9-15/h6-9,13H,3-5,10-12H2,1-2H3,(H,23,24). The Balaban J connectivity index is 1.57. The lowest BCUT2D eigenvalue weighted by molar-refractivity contribution is -0.116. The predicted molar refractivity (Wildman–Crippen MR) is 117 cm³/mol. The van der Waals surface area contributed by atoms with Gasteiger partial charge in [0.05, 0.1) is 12.7 Å². The summed E-state index contributed by atoms with van der Waals surface area (Å²) >= 11 is 9.11. The lowest BCUT2D eigenvalue weighted by Crippen LogP contribution is -2.15. The summed E-state index contributed by atoms with van der Waals surface area (Å²) in [6, 6.07) is 7.69. The summed E-state index contributed by atoms with van der Waals surface area (Å²) in [6.45, 7) is 2.22. The molecule has 0 saturated carbocycles. The zero-order valence-electron chi connectivity index (χ0n) is 16.0. The largest absolute Gasteiger partial charge is 0.465 e. The fraction of sp³-hybridized carbons (Fsp3) is 0.429. The highest BCUT2D eigenvalue weighted by Gasteiger charge is 2.28. The summed E-state index contributed by atoms with van der Waals surface area (Å²) in [5.74, 6) is 1.02. The van der Waals surface area contributed by atoms with Crippen LogP contribution < -0.4 is 5.32 Å². The molecule has 2 aromatic rings. The van der Waals surface area contributed by atoms with Crippen LogP contribution in [0.3, 0.4) is 0 Å². The molecule has 1 unspecified atom stereocenters. The van der Waals surface area contributed by atoms with Crippen LogP contribution in [0.15, 0.2) is 29.2 Å². The van der Waals surface area contributed by atoms with E-state index >= 15 is 0 Å². The number of carbonyl (C=O) groups is 2. The second-order valence-electron chi connectivity index (χ2n) is 7.00. The van der Waals surface area contributed by atoms with Crippen molar-refractivity contribution >= 4 is 51.6 Å². The van der Waals surface area contributed by atoms with Crippen molar-refractivity contribution in [3.8, 4) is 0 Å². The van der Waals surface area contributed by atoms with Crippen LogP contribution in [0.5, 0.6) is 0 Å². The van der Waals surface area contributed by atoms with E-state index in [2.05, 4.69) is 12.2 Å². The van der Waals surface area contributed by atoms with Gasteiger partial charge < -0.3 is 10.1 Å². The van der Waals surface area contributed by atoms with Crippen LogP contribution in [0.4, 0.5) is 5.00 Å². The first-order valence-electron chi connectivity index (χ1n) is 9.39. The van der Waals surface area contributed by atoms with Gasteiger partial charge in [0, 0.05) is 21.2 Å². The Labute approximate surface area is 179 Å². The number of halogens is 1. The molecule has 1 aliphatic rings. The number of nitrogens with one attached hydrogen (secondary N) is 1. The number of amides is 1. The Morgan fingerprint density at radius 2 is 2.07 bits per heavy atom. The van der Waals surface area contributed by atoms with Gasteiger partial charge in [-0.3, -0.25) is 4.79 Å². The highest BCUT2D eigenvalue weighted by atomic mass is 35.5. The van der Waals surface area contributed by atoms with Crippen molar-refractivity contribution in [2.75, 3.05) is 18.2 Å². The normalized spacial score (nSPS) is 15.8. The molecule has 0 bridgehead atoms. The minimum absolute atomic E-state index is 0.0616. The number of hydrogen-bond donors (Lipinski definition) is 1. The van der Waals surface area contributed by atoms with Gasteiger partial charge in [-0.1, -0.05) is 18.5 Å². The second kappa shape index (κ2) is 9.81. The number of esters is 1. The van der Waals surface area contributed by atoms with Crippen LogP contribution in [-0.4, -0.2) is 24.7 Å². The van der Waals surface area contributed by atoms with Crippen molar-refractivity contribution in [2.45, 2.75) is 43.9 Å². The molecule has 28 heavy (non-hydrogen) atoms. The molecule has 0 radical (unpaired) electrons. The molecule has 1 heterocycles. The fourth-order valence-electron chi connectivity index (χ4n) is 3.30. The number of hydrogen-bond acceptors (Lipinski definition) is 5. The topological polar surface area (TPSA) is 55.4 Å². The predicted octanol–water partition coefficient (Wildman–Crippen LogP) is 5.82. The van der Waals surface area contributed by atoms with E-state index < -0.39 is 0 Å². The van der Waals surface area contributed by atoms with Gasteiger partial charge >= 0.3 is 5.97 Å². The van der Waals surface area contributed by atoms with Crippen molar-refractivity contribution < 1.29 is 14.3 Å². The van der Waals surface area contributed by atoms with Crippen molar-refractivity contribution in [2.24, 2.45) is 5.92 Å². The first kappa shape index (κ1) is 21.2. The summed E-state index contributed by atoms with van der Waals surface area (Å²) in [7, 11) is 1.39. The van der Waals surface area contributed by atoms with E-state index in [0.717, 1.165) is 46.9 Å². The Bertz CT molecular complexity index is 848. The van der Waals surface area contributed by atoms with Gasteiger partial charge in [-0.25, -0.2) is 4.79 Å². The SMILES string of the molecule is COC(=O)c1c(NC(=O)CCCSc2ccc(Cl)cc2)sc2c1CCC(C)C2. The molecular formula is C21H24ClNO3S2. The molecule has 3 rings (SSSR count). The molecule has 4 nitrogen and oxygen atoms in total. The average molecular weight is 438 g/mol. The average Bonchev–Trinajstić information content (AvgIpc) is 3.02. The van der Waals surface area contributed by atoms with Crippen LogP contribution in [0.2, 0.25) is 5.02 Å². The van der Waals surface area contributed by atoms with E-state index in [9.17, 15) is 9.59 Å². The number of thioether (sulfide) groups is 1. The molecular weight excluding hydrogens is 414 g/mol. The molecule has 1 aliphatic carbocycles. The van der Waals surface area contributed by atoms with Gasteiger partial charge in [-0.15, -0.1) is 23.1 Å². The summed E-state index contributed by atoms with van der Waals surface area (Å²) in [5, 5.41) is 4.32. The van der Waals surface area contributed by atoms with Gasteiger partial charge in [0.25, 0.3) is 0 Å². The minimum atomic E-state index is -0.361. The van der Waals surface area contributed by atoms with Gasteiger partial charge in [0.1, 0.15) is 5.00 Å². The third kappa shape index (κ3) is 5.31. The molecule has 1 aromatic heterocycles. The zero-order valence-corrected chi connectivity index (χ0v) is 18.4. The minimum Gasteiger partial charge on any atom is -0.465 e. The summed E-state index contributed by atoms with van der Waals surface area (Å²) in [6.07, 6.45) is 4.06. The maximum Gasteiger partial charge on any atom is 0.341 e. The van der Waals surface area contributed by atoms with E-state index in [4.69, 9.17) is 16.3 Å². The van der Waals surface area contributed by atoms with E-state index in [-0.39, 0.29) is 11.9 Å². The molecule has 0 aliphatic heterocycles. The molecule has 1 atom stereocenters. The van der Waals surface area contributed by atoms with Gasteiger partial charge in [0.15, 0.2) is 0 Å². The first-order chi connectivity index (χ1) is 13.5. The maximum atomic E-state index is 12.4. The summed E-state index contributed by atoms with van der Waals surface area (Å²) in [5.41, 5.74) is 1.61. The number of benzene rings is 1. The van der Waals surface area contributed by atoms with Crippen molar-refractivity contribution in [1.29, 1.82) is 0 Å². The third-order valence-corrected chi connectivity index (χ3v) is 7.30. The molecule has 7 heteroatoms. The van der Waals surface area contributed by atoms with Crippen molar-refractivity contribution in [3.05, 3.63) is 45.3 Å². The first-order valence-corrected chi connectivity index (χ1v) is 11.6. The van der Waals surface area contributed by atoms with Gasteiger partial charge in [0.2, 0.25) is 5.91 Å².